The summed E-state index contributed by atoms with van der Waals surface area (Å²) >= 11 is 1.82. The first-order valence-corrected chi connectivity index (χ1v) is 8.41. The van der Waals surface area contributed by atoms with Crippen LogP contribution in [-0.2, 0) is 11.2 Å². The monoisotopic (exact) mass is 306 g/mol. The summed E-state index contributed by atoms with van der Waals surface area (Å²) in [5.41, 5.74) is 1.33. The van der Waals surface area contributed by atoms with Gasteiger partial charge in [-0.1, -0.05) is 32.9 Å². The zero-order chi connectivity index (χ0) is 15.3. The molecule has 1 aromatic heterocycles. The van der Waals surface area contributed by atoms with E-state index in [9.17, 15) is 0 Å². The fraction of sp³-hybridized carbons (Fsp3) is 0.588. The molecule has 0 saturated heterocycles. The normalized spacial score (nSPS) is 14.7. The SMILES string of the molecule is COCCNCC(C)(Cc1nc2ccccc2s1)C(C)C. The Hall–Kier alpha value is -0.970. The lowest BCUT2D eigenvalue weighted by Crippen LogP contribution is -2.39. The minimum absolute atomic E-state index is 0.210. The van der Waals surface area contributed by atoms with Crippen LogP contribution < -0.4 is 5.32 Å². The van der Waals surface area contributed by atoms with E-state index in [-0.39, 0.29) is 5.41 Å². The Morgan fingerprint density at radius 1 is 1.33 bits per heavy atom. The zero-order valence-corrected chi connectivity index (χ0v) is 14.3. The molecule has 21 heavy (non-hydrogen) atoms. The van der Waals surface area contributed by atoms with Crippen LogP contribution in [0, 0.1) is 11.3 Å². The number of nitrogens with one attached hydrogen (secondary N) is 1. The van der Waals surface area contributed by atoms with Gasteiger partial charge in [-0.05, 0) is 23.5 Å². The van der Waals surface area contributed by atoms with Gasteiger partial charge in [0.2, 0.25) is 0 Å². The molecule has 1 atom stereocenters. The molecule has 116 valence electrons. The van der Waals surface area contributed by atoms with Crippen molar-refractivity contribution in [2.24, 2.45) is 11.3 Å². The van der Waals surface area contributed by atoms with Gasteiger partial charge in [-0.3, -0.25) is 0 Å². The van der Waals surface area contributed by atoms with Crippen LogP contribution in [0.2, 0.25) is 0 Å². The van der Waals surface area contributed by atoms with Crippen molar-refractivity contribution in [2.75, 3.05) is 26.8 Å². The molecule has 0 spiro atoms. The van der Waals surface area contributed by atoms with Gasteiger partial charge in [0.1, 0.15) is 0 Å². The van der Waals surface area contributed by atoms with Crippen molar-refractivity contribution < 1.29 is 4.74 Å². The van der Waals surface area contributed by atoms with E-state index in [1.54, 1.807) is 7.11 Å². The third-order valence-electron chi connectivity index (χ3n) is 4.30. The van der Waals surface area contributed by atoms with Gasteiger partial charge in [-0.2, -0.15) is 0 Å². The summed E-state index contributed by atoms with van der Waals surface area (Å²) in [5, 5.41) is 4.75. The topological polar surface area (TPSA) is 34.1 Å². The number of benzene rings is 1. The van der Waals surface area contributed by atoms with Crippen LogP contribution in [0.3, 0.4) is 0 Å². The van der Waals surface area contributed by atoms with Crippen LogP contribution in [0.5, 0.6) is 0 Å². The Kier molecular flexibility index (Phi) is 5.73. The van der Waals surface area contributed by atoms with Gasteiger partial charge in [0.15, 0.2) is 0 Å². The maximum Gasteiger partial charge on any atom is 0.0944 e. The number of fused-ring (bicyclic) bond motifs is 1. The van der Waals surface area contributed by atoms with Gasteiger partial charge >= 0.3 is 0 Å². The van der Waals surface area contributed by atoms with Crippen molar-refractivity contribution >= 4 is 21.6 Å². The Labute approximate surface area is 131 Å². The van der Waals surface area contributed by atoms with E-state index < -0.39 is 0 Å². The molecule has 0 fully saturated rings. The van der Waals surface area contributed by atoms with E-state index in [1.807, 2.05) is 11.3 Å². The highest BCUT2D eigenvalue weighted by Gasteiger charge is 2.29. The highest BCUT2D eigenvalue weighted by atomic mass is 32.1. The molecule has 0 aliphatic heterocycles. The first-order chi connectivity index (χ1) is 10.0. The molecule has 0 aliphatic rings. The van der Waals surface area contributed by atoms with E-state index >= 15 is 0 Å². The van der Waals surface area contributed by atoms with Crippen LogP contribution in [0.1, 0.15) is 25.8 Å². The summed E-state index contributed by atoms with van der Waals surface area (Å²) < 4.78 is 6.39. The number of para-hydroxylation sites is 1. The second kappa shape index (κ2) is 7.34. The summed E-state index contributed by atoms with van der Waals surface area (Å²) in [7, 11) is 1.74. The maximum atomic E-state index is 5.10. The standard InChI is InChI=1S/C17H26N2OS/c1-13(2)17(3,12-18-9-10-20-4)11-16-19-14-7-5-6-8-15(14)21-16/h5-8,13,18H,9-12H2,1-4H3. The average Bonchev–Trinajstić information content (AvgIpc) is 2.85. The van der Waals surface area contributed by atoms with E-state index in [2.05, 4.69) is 50.4 Å². The molecule has 0 aliphatic carbocycles. The third kappa shape index (κ3) is 4.25. The van der Waals surface area contributed by atoms with Crippen LogP contribution >= 0.6 is 11.3 Å². The fourth-order valence-corrected chi connectivity index (χ4v) is 3.52. The molecule has 1 heterocycles. The average molecular weight is 306 g/mol. The van der Waals surface area contributed by atoms with Gasteiger partial charge in [0.25, 0.3) is 0 Å². The number of methoxy groups -OCH3 is 1. The van der Waals surface area contributed by atoms with Gasteiger partial charge in [-0.15, -0.1) is 11.3 Å². The Morgan fingerprint density at radius 2 is 2.10 bits per heavy atom. The molecule has 4 heteroatoms. The number of thiazole rings is 1. The summed E-state index contributed by atoms with van der Waals surface area (Å²) in [4.78, 5) is 4.79. The minimum Gasteiger partial charge on any atom is -0.383 e. The van der Waals surface area contributed by atoms with Crippen molar-refractivity contribution in [3.63, 3.8) is 0 Å². The molecule has 0 amide bonds. The van der Waals surface area contributed by atoms with Crippen LogP contribution in [0.25, 0.3) is 10.2 Å². The van der Waals surface area contributed by atoms with E-state index in [1.165, 1.54) is 9.71 Å². The van der Waals surface area contributed by atoms with Gasteiger partial charge < -0.3 is 10.1 Å². The predicted octanol–water partition coefficient (Wildman–Crippen LogP) is 3.74. The third-order valence-corrected chi connectivity index (χ3v) is 5.34. The molecule has 0 saturated carbocycles. The predicted molar refractivity (Wildman–Crippen MR) is 91.0 cm³/mol. The fourth-order valence-electron chi connectivity index (χ4n) is 2.36. The molecule has 2 aromatic rings. The van der Waals surface area contributed by atoms with Crippen molar-refractivity contribution in [3.8, 4) is 0 Å². The second-order valence-electron chi connectivity index (χ2n) is 6.23. The Balaban J connectivity index is 2.07. The lowest BCUT2D eigenvalue weighted by molar-refractivity contribution is 0.175. The molecule has 1 unspecified atom stereocenters. The Bertz CT molecular complexity index is 534. The number of hydrogen-bond donors (Lipinski definition) is 1. The first kappa shape index (κ1) is 16.4. The molecule has 0 radical (unpaired) electrons. The lowest BCUT2D eigenvalue weighted by Gasteiger charge is -2.33. The van der Waals surface area contributed by atoms with E-state index in [0.717, 1.165) is 31.6 Å². The lowest BCUT2D eigenvalue weighted by atomic mass is 9.76. The van der Waals surface area contributed by atoms with E-state index in [0.29, 0.717) is 5.92 Å². The maximum absolute atomic E-state index is 5.10. The number of hydrogen-bond acceptors (Lipinski definition) is 4. The van der Waals surface area contributed by atoms with Crippen LogP contribution in [-0.4, -0.2) is 31.8 Å². The van der Waals surface area contributed by atoms with E-state index in [4.69, 9.17) is 9.72 Å². The summed E-state index contributed by atoms with van der Waals surface area (Å²) in [6, 6.07) is 8.39. The highest BCUT2D eigenvalue weighted by Crippen LogP contribution is 2.33. The first-order valence-electron chi connectivity index (χ1n) is 7.59. The minimum atomic E-state index is 0.210. The highest BCUT2D eigenvalue weighted by molar-refractivity contribution is 7.18. The van der Waals surface area contributed by atoms with Gasteiger partial charge in [0.05, 0.1) is 21.8 Å². The molecule has 3 nitrogen and oxygen atoms in total. The zero-order valence-electron chi connectivity index (χ0n) is 13.5. The van der Waals surface area contributed by atoms with Gasteiger partial charge in [-0.25, -0.2) is 4.98 Å². The van der Waals surface area contributed by atoms with Crippen molar-refractivity contribution in [2.45, 2.75) is 27.2 Å². The van der Waals surface area contributed by atoms with Crippen molar-refractivity contribution in [1.82, 2.24) is 10.3 Å². The quantitative estimate of drug-likeness (QED) is 0.754. The van der Waals surface area contributed by atoms with Crippen LogP contribution in [0.4, 0.5) is 0 Å². The Morgan fingerprint density at radius 3 is 2.76 bits per heavy atom. The summed E-state index contributed by atoms with van der Waals surface area (Å²) in [6.45, 7) is 9.60. The largest absolute Gasteiger partial charge is 0.383 e. The van der Waals surface area contributed by atoms with Crippen molar-refractivity contribution in [1.29, 1.82) is 0 Å². The number of nitrogens with zero attached hydrogens (tertiary/aromatic N) is 1. The molecule has 2 rings (SSSR count). The second-order valence-corrected chi connectivity index (χ2v) is 7.35. The number of aromatic nitrogens is 1. The van der Waals surface area contributed by atoms with Crippen molar-refractivity contribution in [3.05, 3.63) is 29.3 Å². The summed E-state index contributed by atoms with van der Waals surface area (Å²) in [6.07, 6.45) is 1.02. The molecule has 0 bridgehead atoms. The summed E-state index contributed by atoms with van der Waals surface area (Å²) in [5.74, 6) is 0.597. The number of ether oxygens (including phenoxy) is 1. The molecular formula is C17H26N2OS. The molecule has 1 N–H and O–H groups in total. The number of rotatable bonds is 8. The van der Waals surface area contributed by atoms with Gasteiger partial charge in [0, 0.05) is 26.6 Å². The molecular weight excluding hydrogens is 280 g/mol. The molecule has 1 aromatic carbocycles. The van der Waals surface area contributed by atoms with Crippen LogP contribution in [0.15, 0.2) is 24.3 Å². The smallest absolute Gasteiger partial charge is 0.0944 e.